The molecule has 24 heavy (non-hydrogen) atoms. The van der Waals surface area contributed by atoms with Crippen molar-refractivity contribution in [2.75, 3.05) is 23.3 Å². The molecule has 1 aromatic carbocycles. The summed E-state index contributed by atoms with van der Waals surface area (Å²) in [4.78, 5) is 29.3. The molecule has 0 bridgehead atoms. The van der Waals surface area contributed by atoms with Gasteiger partial charge in [0.25, 0.3) is 0 Å². The third-order valence-electron chi connectivity index (χ3n) is 3.72. The van der Waals surface area contributed by atoms with Gasteiger partial charge in [-0.2, -0.15) is 0 Å². The zero-order valence-corrected chi connectivity index (χ0v) is 13.4. The van der Waals surface area contributed by atoms with Crippen LogP contribution in [0.5, 0.6) is 0 Å². The number of nitrogens with one attached hydrogen (secondary N) is 3. The van der Waals surface area contributed by atoms with E-state index in [0.29, 0.717) is 25.3 Å². The number of imidazole rings is 1. The normalized spacial score (nSPS) is 15.0. The summed E-state index contributed by atoms with van der Waals surface area (Å²) in [7, 11) is 0. The fraction of sp³-hybridized carbons (Fsp3) is 0.312. The molecule has 8 heteroatoms. The highest BCUT2D eigenvalue weighted by Gasteiger charge is 2.20. The summed E-state index contributed by atoms with van der Waals surface area (Å²) in [6.07, 6.45) is 5.27. The van der Waals surface area contributed by atoms with Crippen molar-refractivity contribution in [1.29, 1.82) is 0 Å². The number of hydrogen-bond donors (Lipinski definition) is 3. The summed E-state index contributed by atoms with van der Waals surface area (Å²) in [5.74, 6) is 0. The van der Waals surface area contributed by atoms with Crippen LogP contribution in [0.4, 0.5) is 21.0 Å². The first kappa shape index (κ1) is 15.9. The second-order valence-corrected chi connectivity index (χ2v) is 5.69. The third kappa shape index (κ3) is 3.83. The Hall–Kier alpha value is -3.03. The minimum absolute atomic E-state index is 0.0354. The van der Waals surface area contributed by atoms with E-state index in [1.54, 1.807) is 29.6 Å². The predicted octanol–water partition coefficient (Wildman–Crippen LogP) is 1.62. The molecule has 126 valence electrons. The van der Waals surface area contributed by atoms with Crippen molar-refractivity contribution in [3.63, 3.8) is 0 Å². The van der Waals surface area contributed by atoms with Gasteiger partial charge < -0.3 is 20.5 Å². The molecule has 2 aromatic rings. The monoisotopic (exact) mass is 328 g/mol. The first-order valence-electron chi connectivity index (χ1n) is 7.80. The van der Waals surface area contributed by atoms with Crippen LogP contribution in [-0.4, -0.2) is 40.7 Å². The van der Waals surface area contributed by atoms with Gasteiger partial charge in [-0.25, -0.2) is 14.6 Å². The molecule has 0 radical (unpaired) electrons. The van der Waals surface area contributed by atoms with Crippen LogP contribution >= 0.6 is 0 Å². The molecule has 0 unspecified atom stereocenters. The Kier molecular flexibility index (Phi) is 4.64. The SMILES string of the molecule is C[C@H](Cn1ccnc1)NC(=O)Nc1ccc(N2CCNC2=O)cc1. The summed E-state index contributed by atoms with van der Waals surface area (Å²) in [6.45, 7) is 3.87. The molecule has 1 saturated heterocycles. The van der Waals surface area contributed by atoms with Gasteiger partial charge >= 0.3 is 12.1 Å². The smallest absolute Gasteiger partial charge is 0.321 e. The first-order valence-corrected chi connectivity index (χ1v) is 7.80. The lowest BCUT2D eigenvalue weighted by molar-refractivity contribution is 0.248. The van der Waals surface area contributed by atoms with Crippen molar-refractivity contribution in [2.24, 2.45) is 0 Å². The van der Waals surface area contributed by atoms with Gasteiger partial charge in [0.05, 0.1) is 6.33 Å². The van der Waals surface area contributed by atoms with E-state index in [2.05, 4.69) is 20.9 Å². The number of carbonyl (C=O) groups is 2. The van der Waals surface area contributed by atoms with Crippen molar-refractivity contribution in [3.8, 4) is 0 Å². The minimum atomic E-state index is -0.269. The van der Waals surface area contributed by atoms with Gasteiger partial charge in [0.1, 0.15) is 0 Å². The van der Waals surface area contributed by atoms with Crippen molar-refractivity contribution in [2.45, 2.75) is 19.5 Å². The number of amides is 4. The van der Waals surface area contributed by atoms with Crippen molar-refractivity contribution in [3.05, 3.63) is 43.0 Å². The highest BCUT2D eigenvalue weighted by molar-refractivity contribution is 5.94. The molecule has 8 nitrogen and oxygen atoms in total. The Morgan fingerprint density at radius 3 is 2.79 bits per heavy atom. The van der Waals surface area contributed by atoms with Crippen LogP contribution in [0.25, 0.3) is 0 Å². The maximum Gasteiger partial charge on any atom is 0.321 e. The van der Waals surface area contributed by atoms with E-state index in [1.807, 2.05) is 29.8 Å². The predicted molar refractivity (Wildman–Crippen MR) is 91.0 cm³/mol. The van der Waals surface area contributed by atoms with Crippen LogP contribution in [0.15, 0.2) is 43.0 Å². The van der Waals surface area contributed by atoms with Gasteiger partial charge in [-0.05, 0) is 31.2 Å². The van der Waals surface area contributed by atoms with Gasteiger partial charge in [-0.3, -0.25) is 4.90 Å². The Bertz CT molecular complexity index is 698. The fourth-order valence-electron chi connectivity index (χ4n) is 2.59. The number of anilines is 2. The summed E-state index contributed by atoms with van der Waals surface area (Å²) in [5.41, 5.74) is 1.48. The number of nitrogens with zero attached hydrogens (tertiary/aromatic N) is 3. The zero-order valence-electron chi connectivity index (χ0n) is 13.4. The van der Waals surface area contributed by atoms with Crippen LogP contribution in [0, 0.1) is 0 Å². The Balaban J connectivity index is 1.51. The number of carbonyl (C=O) groups excluding carboxylic acids is 2. The van der Waals surface area contributed by atoms with Crippen LogP contribution in [-0.2, 0) is 6.54 Å². The van der Waals surface area contributed by atoms with E-state index in [9.17, 15) is 9.59 Å². The molecule has 1 aliphatic heterocycles. The number of rotatable bonds is 5. The van der Waals surface area contributed by atoms with Crippen molar-refractivity contribution >= 4 is 23.4 Å². The Morgan fingerprint density at radius 1 is 1.38 bits per heavy atom. The molecule has 0 spiro atoms. The van der Waals surface area contributed by atoms with Gasteiger partial charge in [0, 0.05) is 49.4 Å². The quantitative estimate of drug-likeness (QED) is 0.779. The van der Waals surface area contributed by atoms with E-state index in [0.717, 1.165) is 5.69 Å². The van der Waals surface area contributed by atoms with Crippen LogP contribution < -0.4 is 20.9 Å². The van der Waals surface area contributed by atoms with Crippen LogP contribution in [0.3, 0.4) is 0 Å². The van der Waals surface area contributed by atoms with E-state index in [4.69, 9.17) is 0 Å². The zero-order chi connectivity index (χ0) is 16.9. The Labute approximate surface area is 139 Å². The molecule has 4 amide bonds. The lowest BCUT2D eigenvalue weighted by Gasteiger charge is -2.16. The lowest BCUT2D eigenvalue weighted by atomic mass is 10.2. The van der Waals surface area contributed by atoms with Crippen LogP contribution in [0.2, 0.25) is 0 Å². The largest absolute Gasteiger partial charge is 0.336 e. The molecule has 0 saturated carbocycles. The summed E-state index contributed by atoms with van der Waals surface area (Å²) < 4.78 is 1.90. The van der Waals surface area contributed by atoms with Gasteiger partial charge in [0.15, 0.2) is 0 Å². The van der Waals surface area contributed by atoms with E-state index >= 15 is 0 Å². The van der Waals surface area contributed by atoms with E-state index in [1.165, 1.54) is 0 Å². The summed E-state index contributed by atoms with van der Waals surface area (Å²) in [6, 6.07) is 6.79. The number of urea groups is 2. The first-order chi connectivity index (χ1) is 11.6. The second kappa shape index (κ2) is 7.03. The number of hydrogen-bond acceptors (Lipinski definition) is 3. The van der Waals surface area contributed by atoms with Crippen molar-refractivity contribution < 1.29 is 9.59 Å². The second-order valence-electron chi connectivity index (χ2n) is 5.69. The summed E-state index contributed by atoms with van der Waals surface area (Å²) in [5, 5.41) is 8.41. The third-order valence-corrected chi connectivity index (χ3v) is 3.72. The molecule has 1 aliphatic rings. The van der Waals surface area contributed by atoms with Gasteiger partial charge in [0.2, 0.25) is 0 Å². The molecule has 3 rings (SSSR count). The molecule has 1 aromatic heterocycles. The van der Waals surface area contributed by atoms with Crippen LogP contribution in [0.1, 0.15) is 6.92 Å². The van der Waals surface area contributed by atoms with E-state index in [-0.39, 0.29) is 18.1 Å². The van der Waals surface area contributed by atoms with Crippen molar-refractivity contribution in [1.82, 2.24) is 20.2 Å². The highest BCUT2D eigenvalue weighted by Crippen LogP contribution is 2.19. The lowest BCUT2D eigenvalue weighted by Crippen LogP contribution is -2.38. The molecule has 2 heterocycles. The molecule has 1 fully saturated rings. The number of benzene rings is 1. The topological polar surface area (TPSA) is 91.3 Å². The minimum Gasteiger partial charge on any atom is -0.336 e. The van der Waals surface area contributed by atoms with Gasteiger partial charge in [-0.1, -0.05) is 0 Å². The standard InChI is InChI=1S/C16H20N6O2/c1-12(10-21-8-6-17-11-21)19-15(23)20-13-2-4-14(5-3-13)22-9-7-18-16(22)24/h2-6,8,11-12H,7,9-10H2,1H3,(H,18,24)(H2,19,20,23)/t12-/m1/s1. The maximum absolute atomic E-state index is 12.0. The maximum atomic E-state index is 12.0. The molecule has 3 N–H and O–H groups in total. The molecule has 1 atom stereocenters. The fourth-order valence-corrected chi connectivity index (χ4v) is 2.59. The average Bonchev–Trinajstić information content (AvgIpc) is 3.19. The molecular weight excluding hydrogens is 308 g/mol. The molecular formula is C16H20N6O2. The highest BCUT2D eigenvalue weighted by atomic mass is 16.2. The summed E-state index contributed by atoms with van der Waals surface area (Å²) >= 11 is 0. The van der Waals surface area contributed by atoms with Gasteiger partial charge in [-0.15, -0.1) is 0 Å². The van der Waals surface area contributed by atoms with E-state index < -0.39 is 0 Å². The Morgan fingerprint density at radius 2 is 2.17 bits per heavy atom. The molecule has 0 aliphatic carbocycles. The average molecular weight is 328 g/mol. The number of aromatic nitrogens is 2.